The van der Waals surface area contributed by atoms with Gasteiger partial charge in [-0.2, -0.15) is 5.10 Å². The number of rotatable bonds is 6. The van der Waals surface area contributed by atoms with Gasteiger partial charge in [-0.25, -0.2) is 9.67 Å². The lowest BCUT2D eigenvalue weighted by atomic mass is 10.1. The van der Waals surface area contributed by atoms with Crippen molar-refractivity contribution in [2.45, 2.75) is 32.9 Å². The van der Waals surface area contributed by atoms with E-state index in [0.29, 0.717) is 24.7 Å². The summed E-state index contributed by atoms with van der Waals surface area (Å²) in [6.45, 7) is 6.15. The van der Waals surface area contributed by atoms with Crippen LogP contribution in [-0.4, -0.2) is 68.6 Å². The van der Waals surface area contributed by atoms with Crippen molar-refractivity contribution in [1.82, 2.24) is 24.6 Å². The topological polar surface area (TPSA) is 97.4 Å². The Balaban J connectivity index is 1.61. The third-order valence-corrected chi connectivity index (χ3v) is 4.92. The molecule has 3 rings (SSSR count). The molecular formula is C19H26N6O2. The molecule has 0 radical (unpaired) electrons. The second-order valence-electron chi connectivity index (χ2n) is 6.91. The molecular weight excluding hydrogens is 344 g/mol. The molecule has 0 aliphatic carbocycles. The third kappa shape index (κ3) is 4.71. The quantitative estimate of drug-likeness (QED) is 0.780. The van der Waals surface area contributed by atoms with Crippen LogP contribution in [0.5, 0.6) is 0 Å². The van der Waals surface area contributed by atoms with Gasteiger partial charge in [0, 0.05) is 26.2 Å². The molecule has 1 aromatic carbocycles. The SMILES string of the molecule is Cc1nc(C)n(CC(=O)N2CCN(CCc3ccccc3)CC2C(N)=O)n1. The number of aromatic nitrogens is 3. The number of aryl methyl sites for hydroxylation is 2. The minimum Gasteiger partial charge on any atom is -0.368 e. The fourth-order valence-corrected chi connectivity index (χ4v) is 3.45. The molecule has 0 bridgehead atoms. The van der Waals surface area contributed by atoms with E-state index >= 15 is 0 Å². The molecule has 1 unspecified atom stereocenters. The van der Waals surface area contributed by atoms with Gasteiger partial charge in [-0.1, -0.05) is 30.3 Å². The first kappa shape index (κ1) is 19.0. The number of hydrogen-bond acceptors (Lipinski definition) is 5. The Bertz CT molecular complexity index is 804. The van der Waals surface area contributed by atoms with Crippen molar-refractivity contribution in [3.05, 3.63) is 47.5 Å². The minimum atomic E-state index is -0.619. The molecule has 27 heavy (non-hydrogen) atoms. The Morgan fingerprint density at radius 2 is 1.93 bits per heavy atom. The van der Waals surface area contributed by atoms with Crippen molar-refractivity contribution in [1.29, 1.82) is 0 Å². The molecule has 8 heteroatoms. The van der Waals surface area contributed by atoms with Crippen LogP contribution in [0.2, 0.25) is 0 Å². The smallest absolute Gasteiger partial charge is 0.245 e. The summed E-state index contributed by atoms with van der Waals surface area (Å²) in [5.41, 5.74) is 6.85. The summed E-state index contributed by atoms with van der Waals surface area (Å²) in [4.78, 5) is 32.7. The molecule has 2 heterocycles. The number of benzene rings is 1. The molecule has 144 valence electrons. The first-order valence-electron chi connectivity index (χ1n) is 9.17. The Kier molecular flexibility index (Phi) is 5.85. The zero-order valence-electron chi connectivity index (χ0n) is 15.8. The maximum Gasteiger partial charge on any atom is 0.245 e. The maximum atomic E-state index is 12.7. The summed E-state index contributed by atoms with van der Waals surface area (Å²) >= 11 is 0. The molecule has 1 aliphatic heterocycles. The molecule has 0 spiro atoms. The maximum absolute atomic E-state index is 12.7. The van der Waals surface area contributed by atoms with Gasteiger partial charge in [0.2, 0.25) is 11.8 Å². The molecule has 1 saturated heterocycles. The monoisotopic (exact) mass is 370 g/mol. The van der Waals surface area contributed by atoms with Crippen LogP contribution in [0.25, 0.3) is 0 Å². The predicted molar refractivity (Wildman–Crippen MR) is 101 cm³/mol. The van der Waals surface area contributed by atoms with Gasteiger partial charge in [0.05, 0.1) is 0 Å². The molecule has 1 atom stereocenters. The first-order chi connectivity index (χ1) is 12.9. The second kappa shape index (κ2) is 8.30. The number of carbonyl (C=O) groups excluding carboxylic acids is 2. The van der Waals surface area contributed by atoms with Gasteiger partial charge in [-0.05, 0) is 25.8 Å². The predicted octanol–water partition coefficient (Wildman–Crippen LogP) is 0.136. The highest BCUT2D eigenvalue weighted by Gasteiger charge is 2.34. The van der Waals surface area contributed by atoms with Gasteiger partial charge in [0.1, 0.15) is 24.2 Å². The summed E-state index contributed by atoms with van der Waals surface area (Å²) in [5, 5.41) is 4.22. The lowest BCUT2D eigenvalue weighted by Crippen LogP contribution is -2.60. The van der Waals surface area contributed by atoms with E-state index in [1.165, 1.54) is 5.56 Å². The molecule has 2 aromatic rings. The molecule has 1 fully saturated rings. The highest BCUT2D eigenvalue weighted by atomic mass is 16.2. The van der Waals surface area contributed by atoms with Crippen LogP contribution in [0.15, 0.2) is 30.3 Å². The molecule has 1 aliphatic rings. The van der Waals surface area contributed by atoms with Crippen LogP contribution < -0.4 is 5.73 Å². The van der Waals surface area contributed by atoms with E-state index in [1.807, 2.05) is 18.2 Å². The van der Waals surface area contributed by atoms with Crippen molar-refractivity contribution in [2.24, 2.45) is 5.73 Å². The summed E-state index contributed by atoms with van der Waals surface area (Å²) in [5.74, 6) is 0.671. The Hall–Kier alpha value is -2.74. The van der Waals surface area contributed by atoms with Crippen molar-refractivity contribution >= 4 is 11.8 Å². The fraction of sp³-hybridized carbons (Fsp3) is 0.474. The fourth-order valence-electron chi connectivity index (χ4n) is 3.45. The number of amides is 2. The average Bonchev–Trinajstić information content (AvgIpc) is 2.97. The average molecular weight is 370 g/mol. The number of nitrogens with zero attached hydrogens (tertiary/aromatic N) is 5. The third-order valence-electron chi connectivity index (χ3n) is 4.92. The first-order valence-corrected chi connectivity index (χ1v) is 9.17. The van der Waals surface area contributed by atoms with Gasteiger partial charge in [0.15, 0.2) is 0 Å². The Morgan fingerprint density at radius 1 is 1.19 bits per heavy atom. The van der Waals surface area contributed by atoms with Crippen molar-refractivity contribution in [2.75, 3.05) is 26.2 Å². The molecule has 1 aromatic heterocycles. The van der Waals surface area contributed by atoms with Gasteiger partial charge in [-0.15, -0.1) is 0 Å². The second-order valence-corrected chi connectivity index (χ2v) is 6.91. The highest BCUT2D eigenvalue weighted by Crippen LogP contribution is 2.13. The van der Waals surface area contributed by atoms with Crippen molar-refractivity contribution in [3.63, 3.8) is 0 Å². The Morgan fingerprint density at radius 3 is 2.56 bits per heavy atom. The van der Waals surface area contributed by atoms with E-state index in [9.17, 15) is 9.59 Å². The van der Waals surface area contributed by atoms with Crippen LogP contribution in [0.1, 0.15) is 17.2 Å². The molecule has 2 amide bonds. The van der Waals surface area contributed by atoms with Crippen LogP contribution in [0, 0.1) is 13.8 Å². The van der Waals surface area contributed by atoms with E-state index in [4.69, 9.17) is 5.73 Å². The van der Waals surface area contributed by atoms with E-state index in [1.54, 1.807) is 23.4 Å². The summed E-state index contributed by atoms with van der Waals surface area (Å²) in [7, 11) is 0. The van der Waals surface area contributed by atoms with E-state index in [0.717, 1.165) is 19.5 Å². The van der Waals surface area contributed by atoms with Crippen LogP contribution in [0.4, 0.5) is 0 Å². The van der Waals surface area contributed by atoms with Gasteiger partial charge in [-0.3, -0.25) is 14.5 Å². The summed E-state index contributed by atoms with van der Waals surface area (Å²) < 4.78 is 1.57. The summed E-state index contributed by atoms with van der Waals surface area (Å²) in [6.07, 6.45) is 0.900. The largest absolute Gasteiger partial charge is 0.368 e. The standard InChI is InChI=1S/C19H26N6O2/c1-14-21-15(2)25(22-14)13-18(26)24-11-10-23(12-17(24)19(20)27)9-8-16-6-4-3-5-7-16/h3-7,17H,8-13H2,1-2H3,(H2,20,27). The van der Waals surface area contributed by atoms with E-state index in [-0.39, 0.29) is 12.5 Å². The zero-order valence-corrected chi connectivity index (χ0v) is 15.8. The lowest BCUT2D eigenvalue weighted by molar-refractivity contribution is -0.143. The summed E-state index contributed by atoms with van der Waals surface area (Å²) in [6, 6.07) is 9.60. The van der Waals surface area contributed by atoms with Gasteiger partial charge < -0.3 is 10.6 Å². The number of hydrogen-bond donors (Lipinski definition) is 1. The normalized spacial score (nSPS) is 17.9. The molecule has 8 nitrogen and oxygen atoms in total. The number of carbonyl (C=O) groups is 2. The van der Waals surface area contributed by atoms with Crippen molar-refractivity contribution in [3.8, 4) is 0 Å². The van der Waals surface area contributed by atoms with Crippen LogP contribution in [-0.2, 0) is 22.6 Å². The molecule has 0 saturated carbocycles. The van der Waals surface area contributed by atoms with E-state index < -0.39 is 11.9 Å². The van der Waals surface area contributed by atoms with Gasteiger partial charge >= 0.3 is 0 Å². The minimum absolute atomic E-state index is 0.0699. The van der Waals surface area contributed by atoms with Crippen LogP contribution in [0.3, 0.4) is 0 Å². The molecule has 2 N–H and O–H groups in total. The highest BCUT2D eigenvalue weighted by molar-refractivity contribution is 5.87. The van der Waals surface area contributed by atoms with Crippen LogP contribution >= 0.6 is 0 Å². The number of primary amides is 1. The van der Waals surface area contributed by atoms with Crippen molar-refractivity contribution < 1.29 is 9.59 Å². The van der Waals surface area contributed by atoms with Gasteiger partial charge in [0.25, 0.3) is 0 Å². The Labute approximate surface area is 159 Å². The number of nitrogens with two attached hydrogens (primary N) is 1. The lowest BCUT2D eigenvalue weighted by Gasteiger charge is -2.40. The zero-order chi connectivity index (χ0) is 19.4. The number of piperazine rings is 1. The van der Waals surface area contributed by atoms with E-state index in [2.05, 4.69) is 27.1 Å².